The highest BCUT2D eigenvalue weighted by molar-refractivity contribution is 5.50. The number of allylic oxidation sites excluding steroid dienone is 16. The van der Waals surface area contributed by atoms with Crippen LogP contribution in [0.2, 0.25) is 0 Å². The van der Waals surface area contributed by atoms with Gasteiger partial charge in [0.15, 0.2) is 0 Å². The van der Waals surface area contributed by atoms with E-state index in [9.17, 15) is 0 Å². The zero-order chi connectivity index (χ0) is 12.5. The molecule has 0 heterocycles. The van der Waals surface area contributed by atoms with Crippen LogP contribution in [0.15, 0.2) is 96.2 Å². The summed E-state index contributed by atoms with van der Waals surface area (Å²) in [4.78, 5) is 0. The third-order valence-electron chi connectivity index (χ3n) is 2.34. The van der Waals surface area contributed by atoms with Gasteiger partial charge < -0.3 is 0 Å². The second kappa shape index (κ2) is 6.93. The molecule has 2 aliphatic carbocycles. The fraction of sp³-hybridized carbons (Fsp3) is 0. The Morgan fingerprint density at radius 1 is 0.444 bits per heavy atom. The minimum Gasteiger partial charge on any atom is -0.0623 e. The van der Waals surface area contributed by atoms with Gasteiger partial charge in [0, 0.05) is 11.1 Å². The first-order valence-electron chi connectivity index (χ1n) is 5.90. The molecule has 0 aromatic rings. The predicted octanol–water partition coefficient (Wildman–Crippen LogP) is 4.21. The Labute approximate surface area is 108 Å². The predicted molar refractivity (Wildman–Crippen MR) is 78.8 cm³/mol. The van der Waals surface area contributed by atoms with Gasteiger partial charge in [-0.15, -0.1) is 0 Å². The molecular weight excluding hydrogens is 216 g/mol. The average molecular weight is 230 g/mol. The van der Waals surface area contributed by atoms with Crippen LogP contribution in [0.1, 0.15) is 0 Å². The molecule has 0 bridgehead atoms. The van der Waals surface area contributed by atoms with E-state index in [4.69, 9.17) is 0 Å². The summed E-state index contributed by atoms with van der Waals surface area (Å²) in [6, 6.07) is 0. The van der Waals surface area contributed by atoms with Gasteiger partial charge in [-0.3, -0.25) is 0 Å². The van der Waals surface area contributed by atoms with Crippen LogP contribution in [-0.2, 0) is 0 Å². The molecule has 18 heavy (non-hydrogen) atoms. The van der Waals surface area contributed by atoms with E-state index >= 15 is 0 Å². The fourth-order valence-corrected chi connectivity index (χ4v) is 1.44. The van der Waals surface area contributed by atoms with Crippen LogP contribution >= 0.6 is 0 Å². The largest absolute Gasteiger partial charge is 0.0623 e. The smallest absolute Gasteiger partial charge is 0.0249 e. The van der Waals surface area contributed by atoms with Gasteiger partial charge in [-0.25, -0.2) is 0 Å². The molecule has 86 valence electrons. The molecule has 0 aromatic carbocycles. The molecule has 0 aliphatic heterocycles. The molecule has 0 nitrogen and oxygen atoms in total. The van der Waals surface area contributed by atoms with E-state index in [2.05, 4.69) is 11.8 Å². The molecule has 0 atom stereocenters. The van der Waals surface area contributed by atoms with Crippen molar-refractivity contribution >= 4 is 0 Å². The maximum Gasteiger partial charge on any atom is 0.0249 e. The molecule has 2 aliphatic rings. The van der Waals surface area contributed by atoms with Crippen LogP contribution in [-0.4, -0.2) is 0 Å². The van der Waals surface area contributed by atoms with Crippen LogP contribution in [0.3, 0.4) is 0 Å². The standard InChI is InChI=1S/C18H14/c1-3-7-11-17(12-8-4-1)15-16-18-13-9-5-2-6-10-14-18/h1-14H/b3-1-,4-1?,5-2?,6-2?,7-3?,8-4-,9-5?,10-6?,11-7-,12-8?,13-9-,14-10?,17-11?,17-12+,18-13?,18-14+. The molecule has 0 amide bonds. The highest BCUT2D eigenvalue weighted by Crippen LogP contribution is 2.03. The van der Waals surface area contributed by atoms with Crippen LogP contribution in [0, 0.1) is 11.8 Å². The van der Waals surface area contributed by atoms with Gasteiger partial charge in [-0.2, -0.15) is 0 Å². The third kappa shape index (κ3) is 4.15. The van der Waals surface area contributed by atoms with Crippen molar-refractivity contribution < 1.29 is 0 Å². The molecule has 0 N–H and O–H groups in total. The Morgan fingerprint density at radius 2 is 0.833 bits per heavy atom. The van der Waals surface area contributed by atoms with Crippen molar-refractivity contribution in [3.63, 3.8) is 0 Å². The van der Waals surface area contributed by atoms with Crippen molar-refractivity contribution in [2.24, 2.45) is 0 Å². The molecule has 0 fully saturated rings. The number of hydrogen-bond acceptors (Lipinski definition) is 0. The topological polar surface area (TPSA) is 0 Å². The first kappa shape index (κ1) is 12.0. The number of rotatable bonds is 0. The fourth-order valence-electron chi connectivity index (χ4n) is 1.44. The molecule has 0 saturated carbocycles. The van der Waals surface area contributed by atoms with E-state index in [1.165, 1.54) is 0 Å². The molecule has 0 spiro atoms. The van der Waals surface area contributed by atoms with Crippen molar-refractivity contribution in [2.45, 2.75) is 0 Å². The Bertz CT molecular complexity index is 534. The summed E-state index contributed by atoms with van der Waals surface area (Å²) in [7, 11) is 0. The maximum absolute atomic E-state index is 3.17. The van der Waals surface area contributed by atoms with E-state index in [1.807, 2.05) is 85.1 Å². The van der Waals surface area contributed by atoms with Gasteiger partial charge in [-0.05, 0) is 24.3 Å². The average Bonchev–Trinajstić information content (AvgIpc) is 2.29. The summed E-state index contributed by atoms with van der Waals surface area (Å²) in [6.07, 6.45) is 28.0. The summed E-state index contributed by atoms with van der Waals surface area (Å²) in [6.45, 7) is 0. The minimum atomic E-state index is 1.01. The summed E-state index contributed by atoms with van der Waals surface area (Å²) in [5, 5.41) is 0. The first-order valence-corrected chi connectivity index (χ1v) is 5.90. The van der Waals surface area contributed by atoms with Gasteiger partial charge >= 0.3 is 0 Å². The maximum atomic E-state index is 3.17. The van der Waals surface area contributed by atoms with Crippen LogP contribution in [0.25, 0.3) is 0 Å². The van der Waals surface area contributed by atoms with Gasteiger partial charge in [0.25, 0.3) is 0 Å². The van der Waals surface area contributed by atoms with Crippen LogP contribution < -0.4 is 0 Å². The zero-order valence-electron chi connectivity index (χ0n) is 10.1. The van der Waals surface area contributed by atoms with E-state index in [0.29, 0.717) is 0 Å². The van der Waals surface area contributed by atoms with Gasteiger partial charge in [-0.1, -0.05) is 72.6 Å². The highest BCUT2D eigenvalue weighted by Gasteiger charge is 1.87. The SMILES string of the molecule is C(#CC1=C/C=C\C=C/C=C\1)C1=C/C=CC=C/C=C\1. The van der Waals surface area contributed by atoms with Crippen molar-refractivity contribution in [3.05, 3.63) is 96.2 Å². The molecule has 0 radical (unpaired) electrons. The zero-order valence-corrected chi connectivity index (χ0v) is 10.1. The van der Waals surface area contributed by atoms with Crippen molar-refractivity contribution in [1.29, 1.82) is 0 Å². The van der Waals surface area contributed by atoms with E-state index in [1.54, 1.807) is 0 Å². The molecule has 2 rings (SSSR count). The monoisotopic (exact) mass is 230 g/mol. The molecule has 0 saturated heterocycles. The van der Waals surface area contributed by atoms with Crippen molar-refractivity contribution in [3.8, 4) is 11.8 Å². The molecule has 0 aromatic heterocycles. The third-order valence-corrected chi connectivity index (χ3v) is 2.34. The minimum absolute atomic E-state index is 1.01. The summed E-state index contributed by atoms with van der Waals surface area (Å²) >= 11 is 0. The quantitative estimate of drug-likeness (QED) is 0.547. The van der Waals surface area contributed by atoms with Crippen LogP contribution in [0.5, 0.6) is 0 Å². The highest BCUT2D eigenvalue weighted by atomic mass is 13.9. The van der Waals surface area contributed by atoms with Crippen molar-refractivity contribution in [2.75, 3.05) is 0 Å². The van der Waals surface area contributed by atoms with Gasteiger partial charge in [0.1, 0.15) is 0 Å². The second-order valence-electron chi connectivity index (χ2n) is 3.75. The molecule has 0 unspecified atom stereocenters. The summed E-state index contributed by atoms with van der Waals surface area (Å²) in [5.41, 5.74) is 2.01. The van der Waals surface area contributed by atoms with Crippen LogP contribution in [0.4, 0.5) is 0 Å². The lowest BCUT2D eigenvalue weighted by atomic mass is 10.1. The lowest BCUT2D eigenvalue weighted by Gasteiger charge is -1.92. The van der Waals surface area contributed by atoms with Gasteiger partial charge in [0.05, 0.1) is 0 Å². The normalized spacial score (nSPS) is 29.8. The van der Waals surface area contributed by atoms with E-state index in [0.717, 1.165) is 11.1 Å². The Kier molecular flexibility index (Phi) is 4.60. The van der Waals surface area contributed by atoms with Gasteiger partial charge in [0.2, 0.25) is 0 Å². The summed E-state index contributed by atoms with van der Waals surface area (Å²) in [5.74, 6) is 6.34. The van der Waals surface area contributed by atoms with E-state index < -0.39 is 0 Å². The van der Waals surface area contributed by atoms with Crippen molar-refractivity contribution in [1.82, 2.24) is 0 Å². The number of hydrogen-bond donors (Lipinski definition) is 0. The molecule has 0 heteroatoms. The lowest BCUT2D eigenvalue weighted by molar-refractivity contribution is 1.68. The second-order valence-corrected chi connectivity index (χ2v) is 3.75. The molecular formula is C18H14. The Balaban J connectivity index is 2.16. The Morgan fingerprint density at radius 3 is 1.33 bits per heavy atom. The summed E-state index contributed by atoms with van der Waals surface area (Å²) < 4.78 is 0. The lowest BCUT2D eigenvalue weighted by Crippen LogP contribution is -1.76. The Hall–Kier alpha value is -2.52. The van der Waals surface area contributed by atoms with E-state index in [-0.39, 0.29) is 0 Å². The first-order chi connectivity index (χ1) is 8.95.